The number of nitrogens with zero attached hydrogens (tertiary/aromatic N) is 5. The molecule has 2 aromatic heterocycles. The van der Waals surface area contributed by atoms with Crippen LogP contribution in [0.25, 0.3) is 11.1 Å². The molecule has 0 saturated carbocycles. The van der Waals surface area contributed by atoms with Crippen molar-refractivity contribution < 1.29 is 9.18 Å². The molecule has 37 heavy (non-hydrogen) atoms. The summed E-state index contributed by atoms with van der Waals surface area (Å²) >= 11 is 0. The van der Waals surface area contributed by atoms with E-state index in [0.29, 0.717) is 30.6 Å². The van der Waals surface area contributed by atoms with E-state index < -0.39 is 5.41 Å². The normalized spacial score (nSPS) is 11.2. The van der Waals surface area contributed by atoms with Crippen LogP contribution in [0.5, 0.6) is 0 Å². The van der Waals surface area contributed by atoms with Gasteiger partial charge in [0.05, 0.1) is 17.7 Å². The maximum absolute atomic E-state index is 14.9. The zero-order chi connectivity index (χ0) is 26.6. The van der Waals surface area contributed by atoms with Gasteiger partial charge in [0.2, 0.25) is 6.41 Å². The van der Waals surface area contributed by atoms with E-state index in [4.69, 9.17) is 0 Å². The Labute approximate surface area is 217 Å². The van der Waals surface area contributed by atoms with Gasteiger partial charge in [-0.3, -0.25) is 14.5 Å². The van der Waals surface area contributed by atoms with E-state index in [9.17, 15) is 14.4 Å². The number of aromatic nitrogens is 3. The van der Waals surface area contributed by atoms with E-state index >= 15 is 0 Å². The lowest BCUT2D eigenvalue weighted by atomic mass is 9.85. The Morgan fingerprint density at radius 1 is 1.08 bits per heavy atom. The van der Waals surface area contributed by atoms with Crippen molar-refractivity contribution in [1.82, 2.24) is 19.7 Å². The fourth-order valence-electron chi connectivity index (χ4n) is 4.25. The molecule has 0 atom stereocenters. The number of rotatable bonds is 9. The fraction of sp³-hybridized carbons (Fsp3) is 0.267. The average Bonchev–Trinajstić information content (AvgIpc) is 3.33. The van der Waals surface area contributed by atoms with E-state index in [2.05, 4.69) is 16.2 Å². The molecule has 188 valence electrons. The number of hydrogen-bond acceptors (Lipinski definition) is 4. The van der Waals surface area contributed by atoms with Gasteiger partial charge in [-0.2, -0.15) is 10.4 Å². The van der Waals surface area contributed by atoms with E-state index in [1.54, 1.807) is 41.8 Å². The molecule has 0 radical (unpaired) electrons. The van der Waals surface area contributed by atoms with Gasteiger partial charge in [0, 0.05) is 50.2 Å². The molecule has 2 aromatic carbocycles. The first kappa shape index (κ1) is 25.8. The van der Waals surface area contributed by atoms with Crippen molar-refractivity contribution in [3.63, 3.8) is 0 Å². The Kier molecular flexibility index (Phi) is 7.49. The van der Waals surface area contributed by atoms with Gasteiger partial charge in [-0.1, -0.05) is 36.4 Å². The highest BCUT2D eigenvalue weighted by molar-refractivity contribution is 5.62. The van der Waals surface area contributed by atoms with Crippen LogP contribution in [0.2, 0.25) is 0 Å². The molecule has 2 heterocycles. The number of amides is 1. The summed E-state index contributed by atoms with van der Waals surface area (Å²) in [4.78, 5) is 18.1. The lowest BCUT2D eigenvalue weighted by Crippen LogP contribution is -2.21. The molecule has 6 nitrogen and oxygen atoms in total. The van der Waals surface area contributed by atoms with Crippen molar-refractivity contribution in [2.24, 2.45) is 7.05 Å². The smallest absolute Gasteiger partial charge is 0.210 e. The first-order valence-corrected chi connectivity index (χ1v) is 12.1. The molecule has 4 aromatic rings. The minimum absolute atomic E-state index is 0.329. The second-order valence-electron chi connectivity index (χ2n) is 9.87. The fourth-order valence-corrected chi connectivity index (χ4v) is 4.25. The highest BCUT2D eigenvalue weighted by Gasteiger charge is 2.21. The second-order valence-corrected chi connectivity index (χ2v) is 9.87. The minimum atomic E-state index is -0.759. The van der Waals surface area contributed by atoms with Crippen LogP contribution >= 0.6 is 0 Å². The molecule has 0 bridgehead atoms. The lowest BCUT2D eigenvalue weighted by Gasteiger charge is -2.20. The zero-order valence-corrected chi connectivity index (χ0v) is 21.6. The maximum Gasteiger partial charge on any atom is 0.210 e. The summed E-state index contributed by atoms with van der Waals surface area (Å²) < 4.78 is 16.6. The summed E-state index contributed by atoms with van der Waals surface area (Å²) in [5.74, 6) is -0.350. The molecule has 0 aliphatic carbocycles. The van der Waals surface area contributed by atoms with E-state index in [-0.39, 0.29) is 5.82 Å². The molecule has 0 N–H and O–H groups in total. The van der Waals surface area contributed by atoms with Crippen molar-refractivity contribution in [3.8, 4) is 17.2 Å². The highest BCUT2D eigenvalue weighted by atomic mass is 19.1. The average molecular weight is 496 g/mol. The van der Waals surface area contributed by atoms with Crippen molar-refractivity contribution in [3.05, 3.63) is 106 Å². The van der Waals surface area contributed by atoms with Gasteiger partial charge in [-0.25, -0.2) is 4.39 Å². The summed E-state index contributed by atoms with van der Waals surface area (Å²) in [6.45, 7) is 6.38. The molecule has 0 unspecified atom stereocenters. The van der Waals surface area contributed by atoms with Crippen LogP contribution in [0, 0.1) is 24.1 Å². The molecule has 0 fully saturated rings. The first-order chi connectivity index (χ1) is 17.7. The third-order valence-corrected chi connectivity index (χ3v) is 6.73. The van der Waals surface area contributed by atoms with Crippen LogP contribution in [0.4, 0.5) is 4.39 Å². The van der Waals surface area contributed by atoms with Crippen molar-refractivity contribution >= 4 is 6.41 Å². The van der Waals surface area contributed by atoms with Crippen LogP contribution in [-0.4, -0.2) is 26.1 Å². The molecular weight excluding hydrogens is 465 g/mol. The van der Waals surface area contributed by atoms with Crippen molar-refractivity contribution in [2.75, 3.05) is 0 Å². The van der Waals surface area contributed by atoms with Crippen LogP contribution in [0.15, 0.2) is 67.1 Å². The lowest BCUT2D eigenvalue weighted by molar-refractivity contribution is -0.119. The quantitative estimate of drug-likeness (QED) is 0.288. The Bertz CT molecular complexity index is 1450. The molecular formula is C30H30FN5O. The molecule has 0 aliphatic rings. The third-order valence-electron chi connectivity index (χ3n) is 6.73. The van der Waals surface area contributed by atoms with Gasteiger partial charge in [0.15, 0.2) is 0 Å². The zero-order valence-electron chi connectivity index (χ0n) is 21.6. The van der Waals surface area contributed by atoms with Crippen LogP contribution in [0.1, 0.15) is 47.4 Å². The summed E-state index contributed by atoms with van der Waals surface area (Å²) in [6, 6.07) is 17.2. The summed E-state index contributed by atoms with van der Waals surface area (Å²) in [5, 5.41) is 13.6. The second kappa shape index (κ2) is 10.8. The molecule has 4 rings (SSSR count). The molecule has 0 spiro atoms. The number of halogens is 1. The van der Waals surface area contributed by atoms with Crippen LogP contribution in [0.3, 0.4) is 0 Å². The number of aryl methyl sites for hydroxylation is 1. The predicted molar refractivity (Wildman–Crippen MR) is 141 cm³/mol. The van der Waals surface area contributed by atoms with Gasteiger partial charge in [0.1, 0.15) is 5.82 Å². The van der Waals surface area contributed by atoms with Crippen molar-refractivity contribution in [2.45, 2.75) is 45.7 Å². The standard InChI is InChI=1S/C30H30FN5O/c1-21-25(11-12-33-29(21)13-24-9-10-27(14-28(24)31)30(2,3)19-32)18-36(20-37)16-22-5-7-23(8-6-22)26-15-34-35(4)17-26/h5-12,14-15,17,20H,13,16,18H2,1-4H3. The molecule has 0 aliphatic heterocycles. The highest BCUT2D eigenvalue weighted by Crippen LogP contribution is 2.26. The van der Waals surface area contributed by atoms with Gasteiger partial charge in [-0.15, -0.1) is 0 Å². The predicted octanol–water partition coefficient (Wildman–Crippen LogP) is 5.48. The number of hydrogen-bond donors (Lipinski definition) is 0. The van der Waals surface area contributed by atoms with E-state index in [1.165, 1.54) is 6.07 Å². The Hall–Kier alpha value is -4.31. The number of nitriles is 1. The molecule has 7 heteroatoms. The van der Waals surface area contributed by atoms with E-state index in [1.807, 2.05) is 56.7 Å². The van der Waals surface area contributed by atoms with Gasteiger partial charge >= 0.3 is 0 Å². The minimum Gasteiger partial charge on any atom is -0.337 e. The Morgan fingerprint density at radius 3 is 2.46 bits per heavy atom. The monoisotopic (exact) mass is 495 g/mol. The van der Waals surface area contributed by atoms with Gasteiger partial charge in [-0.05, 0) is 66.3 Å². The maximum atomic E-state index is 14.9. The third kappa shape index (κ3) is 5.92. The number of pyridine rings is 1. The topological polar surface area (TPSA) is 74.8 Å². The summed E-state index contributed by atoms with van der Waals surface area (Å²) in [6.07, 6.45) is 6.67. The van der Waals surface area contributed by atoms with Gasteiger partial charge < -0.3 is 4.90 Å². The Balaban J connectivity index is 1.47. The van der Waals surface area contributed by atoms with Crippen LogP contribution in [-0.2, 0) is 36.8 Å². The molecule has 0 saturated heterocycles. The largest absolute Gasteiger partial charge is 0.337 e. The van der Waals surface area contributed by atoms with Crippen molar-refractivity contribution in [1.29, 1.82) is 5.26 Å². The molecule has 1 amide bonds. The number of carbonyl (C=O) groups is 1. The number of carbonyl (C=O) groups excluding carboxylic acids is 1. The number of benzene rings is 2. The van der Waals surface area contributed by atoms with E-state index in [0.717, 1.165) is 39.9 Å². The summed E-state index contributed by atoms with van der Waals surface area (Å²) in [7, 11) is 1.88. The van der Waals surface area contributed by atoms with Gasteiger partial charge in [0.25, 0.3) is 0 Å². The Morgan fingerprint density at radius 2 is 1.84 bits per heavy atom. The SMILES string of the molecule is Cc1c(CN(C=O)Cc2ccc(-c3cnn(C)c3)cc2)ccnc1Cc1ccc(C(C)(C)C#N)cc1F. The van der Waals surface area contributed by atoms with Crippen LogP contribution < -0.4 is 0 Å². The summed E-state index contributed by atoms with van der Waals surface area (Å²) in [5.41, 5.74) is 6.20. The first-order valence-electron chi connectivity index (χ1n) is 12.1.